The molecule has 196 valence electrons. The predicted octanol–water partition coefficient (Wildman–Crippen LogP) is -2.79. The Morgan fingerprint density at radius 3 is 2.82 bits per heavy atom. The molecule has 5 N–H and O–H groups in total. The van der Waals surface area contributed by atoms with Crippen LogP contribution < -0.4 is 26.3 Å². The number of β-lactam (4-membered cyclic amide) rings is 1. The lowest BCUT2D eigenvalue weighted by Gasteiger charge is -2.50. The van der Waals surface area contributed by atoms with Gasteiger partial charge >= 0.3 is 11.7 Å². The molecule has 38 heavy (non-hydrogen) atoms. The molecule has 0 saturated carbocycles. The average molecular weight is 558 g/mol. The molecule has 3 aromatic rings. The number of carbonyl (C=O) groups is 4. The number of rotatable bonds is 8. The summed E-state index contributed by atoms with van der Waals surface area (Å²) in [6.45, 7) is -0.0411. The molecule has 17 heteroatoms. The van der Waals surface area contributed by atoms with E-state index in [0.29, 0.717) is 11.2 Å². The Morgan fingerprint density at radius 1 is 1.37 bits per heavy atom. The minimum Gasteiger partial charge on any atom is -0.543 e. The number of pyridine rings is 1. The van der Waals surface area contributed by atoms with Crippen molar-refractivity contribution in [2.24, 2.45) is 10.9 Å². The van der Waals surface area contributed by atoms with Crippen LogP contribution in [-0.2, 0) is 25.8 Å². The van der Waals surface area contributed by atoms with Crippen LogP contribution in [0.2, 0.25) is 0 Å². The van der Waals surface area contributed by atoms with E-state index in [1.807, 2.05) is 0 Å². The van der Waals surface area contributed by atoms with Gasteiger partial charge in [-0.25, -0.2) is 4.98 Å². The van der Waals surface area contributed by atoms with Gasteiger partial charge in [-0.1, -0.05) is 11.2 Å². The first-order chi connectivity index (χ1) is 18.2. The minimum atomic E-state index is -1.55. The summed E-state index contributed by atoms with van der Waals surface area (Å²) in [6.07, 6.45) is 1.60. The second-order valence-corrected chi connectivity index (χ2v) is 10.1. The highest BCUT2D eigenvalue weighted by Gasteiger charge is 2.53. The molecule has 0 unspecified atom stereocenters. The number of aliphatic carboxylic acids is 1. The second kappa shape index (κ2) is 9.75. The summed E-state index contributed by atoms with van der Waals surface area (Å²) in [7, 11) is 1.25. The number of aromatic nitrogens is 4. The van der Waals surface area contributed by atoms with E-state index in [2.05, 4.69) is 20.6 Å². The number of anilines is 1. The smallest absolute Gasteiger partial charge is 0.371 e. The van der Waals surface area contributed by atoms with E-state index in [4.69, 9.17) is 16.3 Å². The summed E-state index contributed by atoms with van der Waals surface area (Å²) >= 11 is 2.36. The Hall–Kier alpha value is -4.51. The maximum Gasteiger partial charge on any atom is 0.371 e. The van der Waals surface area contributed by atoms with Crippen LogP contribution in [0, 0.1) is 0 Å². The third kappa shape index (κ3) is 4.20. The molecule has 0 aromatic carbocycles. The summed E-state index contributed by atoms with van der Waals surface area (Å²) < 4.78 is 2.91. The van der Waals surface area contributed by atoms with Crippen LogP contribution in [0.4, 0.5) is 5.13 Å². The Morgan fingerprint density at radius 2 is 2.16 bits per heavy atom. The van der Waals surface area contributed by atoms with Crippen molar-refractivity contribution in [1.82, 2.24) is 25.0 Å². The SMILES string of the molecule is CO/N=C(\C(=O)N[C@@H]1C(=O)N2C(C(=O)[O-])=C(Cn3nc(C(N)=O)[n+]4ccccc34)CS[C@@H]12)c1csc(N)n1. The van der Waals surface area contributed by atoms with E-state index in [-0.39, 0.29) is 40.4 Å². The van der Waals surface area contributed by atoms with E-state index >= 15 is 0 Å². The number of primary amides is 1. The first-order valence-electron chi connectivity index (χ1n) is 10.9. The van der Waals surface area contributed by atoms with Crippen molar-refractivity contribution in [3.05, 3.63) is 52.6 Å². The number of carboxylic acid groups (broad SMARTS) is 1. The number of nitrogens with one attached hydrogen (secondary N) is 1. The van der Waals surface area contributed by atoms with Gasteiger partial charge in [-0.2, -0.15) is 4.40 Å². The number of carbonyl (C=O) groups excluding carboxylic acids is 4. The van der Waals surface area contributed by atoms with Crippen molar-refractivity contribution in [2.45, 2.75) is 18.0 Å². The number of thioether (sulfide) groups is 1. The number of nitrogens with two attached hydrogens (primary N) is 2. The molecular formula is C21H19N9O6S2. The highest BCUT2D eigenvalue weighted by Crippen LogP contribution is 2.40. The van der Waals surface area contributed by atoms with Gasteiger partial charge in [0.2, 0.25) is 0 Å². The summed E-state index contributed by atoms with van der Waals surface area (Å²) in [5.41, 5.74) is 11.6. The lowest BCUT2D eigenvalue weighted by atomic mass is 10.0. The fourth-order valence-corrected chi connectivity index (χ4v) is 6.08. The highest BCUT2D eigenvalue weighted by molar-refractivity contribution is 8.00. The number of thiazole rings is 1. The van der Waals surface area contributed by atoms with Gasteiger partial charge in [-0.05, 0) is 6.07 Å². The average Bonchev–Trinajstić information content (AvgIpc) is 3.49. The number of nitrogen functional groups attached to an aromatic ring is 1. The quantitative estimate of drug-likeness (QED) is 0.112. The summed E-state index contributed by atoms with van der Waals surface area (Å²) in [5, 5.41) is 23.7. The number of nitrogens with zero attached hydrogens (tertiary/aromatic N) is 6. The largest absolute Gasteiger partial charge is 0.543 e. The van der Waals surface area contributed by atoms with Gasteiger partial charge < -0.3 is 31.5 Å². The molecule has 1 fully saturated rings. The molecule has 0 radical (unpaired) electrons. The zero-order valence-corrected chi connectivity index (χ0v) is 21.2. The minimum absolute atomic E-state index is 0.0317. The maximum absolute atomic E-state index is 13.1. The molecular weight excluding hydrogens is 538 g/mol. The van der Waals surface area contributed by atoms with Gasteiger partial charge in [0, 0.05) is 22.8 Å². The normalized spacial score (nSPS) is 19.2. The summed E-state index contributed by atoms with van der Waals surface area (Å²) in [6, 6.07) is 4.08. The van der Waals surface area contributed by atoms with Crippen LogP contribution >= 0.6 is 23.1 Å². The van der Waals surface area contributed by atoms with Crippen LogP contribution in [0.1, 0.15) is 16.3 Å². The van der Waals surface area contributed by atoms with Crippen molar-refractivity contribution in [2.75, 3.05) is 18.6 Å². The number of hydrogen-bond donors (Lipinski definition) is 3. The topological polar surface area (TPSA) is 215 Å². The monoisotopic (exact) mass is 557 g/mol. The molecule has 2 aliphatic rings. The molecule has 3 aromatic heterocycles. The molecule has 3 amide bonds. The molecule has 0 bridgehead atoms. The van der Waals surface area contributed by atoms with Crippen molar-refractivity contribution in [3.8, 4) is 0 Å². The van der Waals surface area contributed by atoms with Gasteiger partial charge in [-0.15, -0.1) is 27.8 Å². The maximum atomic E-state index is 13.1. The zero-order chi connectivity index (χ0) is 27.1. The third-order valence-corrected chi connectivity index (χ3v) is 7.81. The van der Waals surface area contributed by atoms with Gasteiger partial charge in [0.15, 0.2) is 10.8 Å². The first-order valence-corrected chi connectivity index (χ1v) is 12.8. The molecule has 15 nitrogen and oxygen atoms in total. The zero-order valence-electron chi connectivity index (χ0n) is 19.6. The van der Waals surface area contributed by atoms with Crippen molar-refractivity contribution in [1.29, 1.82) is 0 Å². The van der Waals surface area contributed by atoms with E-state index < -0.39 is 35.1 Å². The van der Waals surface area contributed by atoms with Crippen LogP contribution in [0.25, 0.3) is 5.65 Å². The van der Waals surface area contributed by atoms with E-state index in [0.717, 1.165) is 16.2 Å². The molecule has 0 aliphatic carbocycles. The van der Waals surface area contributed by atoms with Crippen LogP contribution in [0.5, 0.6) is 0 Å². The fourth-order valence-electron chi connectivity index (χ4n) is 4.20. The van der Waals surface area contributed by atoms with Crippen molar-refractivity contribution in [3.63, 3.8) is 0 Å². The number of carboxylic acids is 1. The van der Waals surface area contributed by atoms with E-state index in [1.54, 1.807) is 24.4 Å². The Kier molecular flexibility index (Phi) is 6.45. The second-order valence-electron chi connectivity index (χ2n) is 8.07. The molecule has 5 rings (SSSR count). The summed E-state index contributed by atoms with van der Waals surface area (Å²) in [4.78, 5) is 59.8. The number of fused-ring (bicyclic) bond motifs is 2. The first kappa shape index (κ1) is 25.2. The van der Waals surface area contributed by atoms with Crippen LogP contribution in [-0.4, -0.2) is 73.3 Å². The van der Waals surface area contributed by atoms with E-state index in [9.17, 15) is 24.3 Å². The number of amides is 3. The third-order valence-electron chi connectivity index (χ3n) is 5.80. The van der Waals surface area contributed by atoms with E-state index in [1.165, 1.54) is 33.3 Å². The Balaban J connectivity index is 1.40. The van der Waals surface area contributed by atoms with Crippen LogP contribution in [0.15, 0.2) is 46.2 Å². The van der Waals surface area contributed by atoms with Crippen LogP contribution in [0.3, 0.4) is 0 Å². The highest BCUT2D eigenvalue weighted by atomic mass is 32.2. The molecule has 2 aliphatic heterocycles. The predicted molar refractivity (Wildman–Crippen MR) is 131 cm³/mol. The Labute approximate surface area is 221 Å². The standard InChI is InChI=1S/C21H19N9O6S2/c1-36-27-12(10-8-38-21(23)24-10)17(32)25-13-18(33)30-14(20(34)35)9(7-37-19(13)30)6-29-11-4-2-3-5-28(11)16(26-29)15(22)31/h2-5,8,13,19H,6-7H2,1H3,(H5-,22,23,24,25,31,32,34,35)/b27-12-/t13-,19+/m1/s1. The molecule has 0 spiro atoms. The number of oxime groups is 1. The lowest BCUT2D eigenvalue weighted by Crippen LogP contribution is -2.71. The van der Waals surface area contributed by atoms with Crippen molar-refractivity contribution >= 4 is 63.3 Å². The van der Waals surface area contributed by atoms with Gasteiger partial charge in [0.05, 0.1) is 23.0 Å². The molecule has 2 atom stereocenters. The molecule has 1 saturated heterocycles. The fraction of sp³-hybridized carbons (Fsp3) is 0.238. The lowest BCUT2D eigenvalue weighted by molar-refractivity contribution is -0.515. The Bertz CT molecular complexity index is 1560. The van der Waals surface area contributed by atoms with Gasteiger partial charge in [-0.3, -0.25) is 19.3 Å². The molecule has 5 heterocycles. The van der Waals surface area contributed by atoms with Crippen molar-refractivity contribution < 1.29 is 33.5 Å². The van der Waals surface area contributed by atoms with Gasteiger partial charge in [0.25, 0.3) is 17.5 Å². The summed E-state index contributed by atoms with van der Waals surface area (Å²) in [5.74, 6) is -3.53. The number of hydrogen-bond acceptors (Lipinski definition) is 12. The van der Waals surface area contributed by atoms with Gasteiger partial charge in [0.1, 0.15) is 30.8 Å².